The lowest BCUT2D eigenvalue weighted by Crippen LogP contribution is -1.65. The van der Waals surface area contributed by atoms with Crippen LogP contribution in [-0.4, -0.2) is 0 Å². The highest BCUT2D eigenvalue weighted by Crippen LogP contribution is 1.95. The monoisotopic (exact) mass is 178 g/mol. The molecule has 74 valence electrons. The number of rotatable bonds is 4. The molecule has 0 amide bonds. The van der Waals surface area contributed by atoms with Crippen molar-refractivity contribution in [3.8, 4) is 0 Å². The van der Waals surface area contributed by atoms with E-state index in [1.54, 1.807) is 6.08 Å². The van der Waals surface area contributed by atoms with E-state index in [4.69, 9.17) is 0 Å². The lowest BCUT2D eigenvalue weighted by molar-refractivity contribution is 1.16. The summed E-state index contributed by atoms with van der Waals surface area (Å²) in [6.07, 6.45) is 12.0. The van der Waals surface area contributed by atoms with Crippen LogP contribution in [0, 0.1) is 0 Å². The van der Waals surface area contributed by atoms with E-state index in [-0.39, 0.29) is 0 Å². The largest absolute Gasteiger partial charge is 0.0991 e. The highest BCUT2D eigenvalue weighted by molar-refractivity contribution is 5.12. The third-order valence-electron chi connectivity index (χ3n) is 1.36. The molecular formula is C13H22. The van der Waals surface area contributed by atoms with Crippen molar-refractivity contribution in [3.63, 3.8) is 0 Å². The standard InChI is InChI=1S/C7H12.C6H10/c1-4-6-7(3)5-2;1-3-5-6-4-2/h4,6H,3,5H2,1-2H3;3,5-6H,1,4H2,2H3. The van der Waals surface area contributed by atoms with Crippen molar-refractivity contribution in [2.75, 3.05) is 0 Å². The summed E-state index contributed by atoms with van der Waals surface area (Å²) in [6, 6.07) is 0. The van der Waals surface area contributed by atoms with Crippen molar-refractivity contribution in [2.45, 2.75) is 33.6 Å². The molecule has 13 heavy (non-hydrogen) atoms. The molecule has 0 heterocycles. The molecule has 0 heteroatoms. The van der Waals surface area contributed by atoms with Crippen LogP contribution in [-0.2, 0) is 0 Å². The van der Waals surface area contributed by atoms with Gasteiger partial charge in [-0.25, -0.2) is 0 Å². The zero-order valence-electron chi connectivity index (χ0n) is 9.22. The molecule has 0 atom stereocenters. The van der Waals surface area contributed by atoms with Gasteiger partial charge in [0, 0.05) is 0 Å². The quantitative estimate of drug-likeness (QED) is 0.549. The van der Waals surface area contributed by atoms with Crippen LogP contribution in [0.1, 0.15) is 33.6 Å². The summed E-state index contributed by atoms with van der Waals surface area (Å²) < 4.78 is 0. The Kier molecular flexibility index (Phi) is 15.1. The zero-order valence-corrected chi connectivity index (χ0v) is 9.22. The average molecular weight is 178 g/mol. The van der Waals surface area contributed by atoms with Gasteiger partial charge in [-0.05, 0) is 19.8 Å². The van der Waals surface area contributed by atoms with Crippen molar-refractivity contribution < 1.29 is 0 Å². The van der Waals surface area contributed by atoms with Crippen molar-refractivity contribution in [2.24, 2.45) is 0 Å². The van der Waals surface area contributed by atoms with Crippen LogP contribution in [0.25, 0.3) is 0 Å². The second-order valence-corrected chi connectivity index (χ2v) is 2.58. The van der Waals surface area contributed by atoms with Gasteiger partial charge in [-0.1, -0.05) is 63.0 Å². The van der Waals surface area contributed by atoms with E-state index >= 15 is 0 Å². The van der Waals surface area contributed by atoms with Gasteiger partial charge in [-0.3, -0.25) is 0 Å². The number of allylic oxidation sites excluding steroid dienone is 6. The minimum absolute atomic E-state index is 1.06. The third-order valence-corrected chi connectivity index (χ3v) is 1.36. The third kappa shape index (κ3) is 18.2. The van der Waals surface area contributed by atoms with E-state index in [1.807, 2.05) is 25.2 Å². The first-order valence-corrected chi connectivity index (χ1v) is 4.80. The Labute approximate surface area is 83.4 Å². The molecule has 0 aromatic rings. The molecule has 0 radical (unpaired) electrons. The average Bonchev–Trinajstić information content (AvgIpc) is 2.16. The minimum atomic E-state index is 1.06. The maximum absolute atomic E-state index is 3.78. The van der Waals surface area contributed by atoms with Gasteiger partial charge in [0.2, 0.25) is 0 Å². The molecule has 0 N–H and O–H groups in total. The lowest BCUT2D eigenvalue weighted by Gasteiger charge is -1.85. The first-order chi connectivity index (χ1) is 6.22. The van der Waals surface area contributed by atoms with E-state index in [0.717, 1.165) is 12.8 Å². The van der Waals surface area contributed by atoms with E-state index in [2.05, 4.69) is 33.1 Å². The summed E-state index contributed by atoms with van der Waals surface area (Å²) in [5.41, 5.74) is 1.20. The van der Waals surface area contributed by atoms with Crippen molar-refractivity contribution >= 4 is 0 Å². The van der Waals surface area contributed by atoms with Gasteiger partial charge in [-0.15, -0.1) is 0 Å². The normalized spacial score (nSPS) is 9.77. The van der Waals surface area contributed by atoms with Crippen LogP contribution in [0.15, 0.2) is 49.1 Å². The Morgan fingerprint density at radius 2 is 1.92 bits per heavy atom. The molecule has 0 spiro atoms. The van der Waals surface area contributed by atoms with Crippen LogP contribution in [0.4, 0.5) is 0 Å². The molecule has 0 unspecified atom stereocenters. The minimum Gasteiger partial charge on any atom is -0.0991 e. The summed E-state index contributed by atoms with van der Waals surface area (Å²) in [7, 11) is 0. The van der Waals surface area contributed by atoms with Crippen LogP contribution < -0.4 is 0 Å². The van der Waals surface area contributed by atoms with E-state index in [0.29, 0.717) is 0 Å². The van der Waals surface area contributed by atoms with Crippen LogP contribution in [0.3, 0.4) is 0 Å². The van der Waals surface area contributed by atoms with Crippen molar-refractivity contribution in [1.29, 1.82) is 0 Å². The predicted octanol–water partition coefficient (Wildman–Crippen LogP) is 4.67. The lowest BCUT2D eigenvalue weighted by atomic mass is 10.2. The second kappa shape index (κ2) is 13.5. The Morgan fingerprint density at radius 1 is 1.31 bits per heavy atom. The van der Waals surface area contributed by atoms with Gasteiger partial charge in [0.25, 0.3) is 0 Å². The molecule has 0 nitrogen and oxygen atoms in total. The maximum Gasteiger partial charge on any atom is -0.0313 e. The summed E-state index contributed by atoms with van der Waals surface area (Å²) in [6.45, 7) is 13.5. The van der Waals surface area contributed by atoms with E-state index in [9.17, 15) is 0 Å². The molecule has 0 aromatic carbocycles. The van der Waals surface area contributed by atoms with Gasteiger partial charge in [-0.2, -0.15) is 0 Å². The fourth-order valence-electron chi connectivity index (χ4n) is 0.586. The topological polar surface area (TPSA) is 0 Å². The predicted molar refractivity (Wildman–Crippen MR) is 63.9 cm³/mol. The van der Waals surface area contributed by atoms with Crippen molar-refractivity contribution in [1.82, 2.24) is 0 Å². The highest BCUT2D eigenvalue weighted by Gasteiger charge is 1.75. The summed E-state index contributed by atoms with van der Waals surface area (Å²) in [4.78, 5) is 0. The first kappa shape index (κ1) is 14.5. The maximum atomic E-state index is 3.78. The van der Waals surface area contributed by atoms with Gasteiger partial charge in [0.1, 0.15) is 0 Å². The van der Waals surface area contributed by atoms with E-state index < -0.39 is 0 Å². The Balaban J connectivity index is 0. The number of hydrogen-bond acceptors (Lipinski definition) is 0. The molecule has 0 aromatic heterocycles. The zero-order chi connectivity index (χ0) is 10.5. The molecule has 0 aliphatic heterocycles. The molecule has 0 saturated heterocycles. The first-order valence-electron chi connectivity index (χ1n) is 4.80. The molecule has 0 rings (SSSR count). The van der Waals surface area contributed by atoms with Crippen LogP contribution in [0.5, 0.6) is 0 Å². The molecule has 0 aliphatic carbocycles. The molecule has 0 bridgehead atoms. The van der Waals surface area contributed by atoms with Gasteiger partial charge >= 0.3 is 0 Å². The van der Waals surface area contributed by atoms with Crippen molar-refractivity contribution in [3.05, 3.63) is 49.1 Å². The van der Waals surface area contributed by atoms with Crippen LogP contribution in [0.2, 0.25) is 0 Å². The Morgan fingerprint density at radius 3 is 2.08 bits per heavy atom. The fraction of sp³-hybridized carbons (Fsp3) is 0.385. The number of hydrogen-bond donors (Lipinski definition) is 0. The fourth-order valence-corrected chi connectivity index (χ4v) is 0.586. The van der Waals surface area contributed by atoms with E-state index in [1.165, 1.54) is 5.57 Å². The highest BCUT2D eigenvalue weighted by atomic mass is 13.8. The van der Waals surface area contributed by atoms with Crippen LogP contribution >= 0.6 is 0 Å². The van der Waals surface area contributed by atoms with Gasteiger partial charge in [0.05, 0.1) is 0 Å². The van der Waals surface area contributed by atoms with Gasteiger partial charge in [0.15, 0.2) is 0 Å². The smallest absolute Gasteiger partial charge is 0.0313 e. The Hall–Kier alpha value is -1.04. The molecule has 0 saturated carbocycles. The molecule has 0 fully saturated rings. The molecule has 0 aliphatic rings. The SMILES string of the molecule is C=C(C=CC)CC.C=CC=CCC. The molecular weight excluding hydrogens is 156 g/mol. The summed E-state index contributed by atoms with van der Waals surface area (Å²) in [5.74, 6) is 0. The summed E-state index contributed by atoms with van der Waals surface area (Å²) in [5, 5.41) is 0. The van der Waals surface area contributed by atoms with Gasteiger partial charge < -0.3 is 0 Å². The second-order valence-electron chi connectivity index (χ2n) is 2.58. The Bertz CT molecular complexity index is 170. The summed E-state index contributed by atoms with van der Waals surface area (Å²) >= 11 is 0.